The molecule has 2 N–H and O–H groups in total. The van der Waals surface area contributed by atoms with E-state index in [-0.39, 0.29) is 40.1 Å². The third kappa shape index (κ3) is 7.17. The van der Waals surface area contributed by atoms with Crippen molar-refractivity contribution >= 4 is 44.8 Å². The summed E-state index contributed by atoms with van der Waals surface area (Å²) in [5, 5.41) is 7.05. The summed E-state index contributed by atoms with van der Waals surface area (Å²) < 4.78 is 44.2. The van der Waals surface area contributed by atoms with E-state index in [2.05, 4.69) is 24.5 Å². The molecule has 0 spiro atoms. The topological polar surface area (TPSA) is 78.5 Å². The van der Waals surface area contributed by atoms with Crippen molar-refractivity contribution < 1.29 is 17.6 Å². The van der Waals surface area contributed by atoms with Gasteiger partial charge in [-0.1, -0.05) is 74.3 Å². The second-order valence-corrected chi connectivity index (χ2v) is 14.0. The summed E-state index contributed by atoms with van der Waals surface area (Å²) in [5.74, 6) is -0.965. The van der Waals surface area contributed by atoms with Crippen molar-refractivity contribution in [2.45, 2.75) is 63.4 Å². The third-order valence-corrected chi connectivity index (χ3v) is 10.9. The number of sulfonamides is 1. The highest BCUT2D eigenvalue weighted by atomic mass is 35.5. The Bertz CT molecular complexity index is 1500. The van der Waals surface area contributed by atoms with Crippen molar-refractivity contribution in [3.8, 4) is 0 Å². The van der Waals surface area contributed by atoms with E-state index >= 15 is 4.39 Å². The molecule has 0 bridgehead atoms. The van der Waals surface area contributed by atoms with Crippen LogP contribution in [0.5, 0.6) is 0 Å². The van der Waals surface area contributed by atoms with Crippen LogP contribution in [0.4, 0.5) is 10.1 Å². The Morgan fingerprint density at radius 3 is 2.38 bits per heavy atom. The van der Waals surface area contributed by atoms with Gasteiger partial charge in [0.25, 0.3) is 0 Å². The lowest BCUT2D eigenvalue weighted by atomic mass is 9.78. The van der Waals surface area contributed by atoms with E-state index in [1.807, 2.05) is 38.1 Å². The molecular formula is C32H38Cl2FN3O3S. The Hall–Kier alpha value is -2.49. The molecule has 226 valence electrons. The Morgan fingerprint density at radius 2 is 1.71 bits per heavy atom. The summed E-state index contributed by atoms with van der Waals surface area (Å²) in [6, 6.07) is 17.8. The van der Waals surface area contributed by atoms with Crippen molar-refractivity contribution in [2.24, 2.45) is 11.8 Å². The van der Waals surface area contributed by atoms with Gasteiger partial charge in [-0.2, -0.15) is 4.31 Å². The van der Waals surface area contributed by atoms with E-state index in [1.165, 1.54) is 16.4 Å². The Kier molecular flexibility index (Phi) is 10.7. The first kappa shape index (κ1) is 32.4. The molecule has 1 aliphatic heterocycles. The SMILES string of the molecule is CC(C)[C@H](c1ccc(Cl)cc1)[C@H](C)C(=O)Nc1cccc(F)c1CC[C@H]1CNC[C@H](C)N1S(=O)(=O)c1ccccc1Cl. The van der Waals surface area contributed by atoms with E-state index in [0.29, 0.717) is 35.8 Å². The number of halogens is 3. The fourth-order valence-electron chi connectivity index (χ4n) is 6.01. The molecule has 0 saturated carbocycles. The standard InChI is InChI=1S/C32H38Cl2FN3O3S/c1-20(2)31(23-12-14-24(33)15-13-23)22(4)32(39)37-29-10-7-9-28(35)26(29)17-16-25-19-36-18-21(3)38(25)42(40,41)30-11-6-5-8-27(30)34/h5-15,20-22,25,31,36H,16-19H2,1-4H3,(H,37,39)/t21-,22-,25-,31-/m0/s1. The lowest BCUT2D eigenvalue weighted by Crippen LogP contribution is -2.58. The quantitative estimate of drug-likeness (QED) is 0.249. The summed E-state index contributed by atoms with van der Waals surface area (Å²) in [5.41, 5.74) is 1.75. The molecule has 3 aromatic rings. The van der Waals surface area contributed by atoms with Crippen molar-refractivity contribution in [1.29, 1.82) is 0 Å². The molecular weight excluding hydrogens is 596 g/mol. The van der Waals surface area contributed by atoms with Gasteiger partial charge in [0.05, 0.1) is 5.02 Å². The minimum absolute atomic E-state index is 0.0543. The first-order valence-corrected chi connectivity index (χ1v) is 16.4. The van der Waals surface area contributed by atoms with Gasteiger partial charge in [0.2, 0.25) is 15.9 Å². The van der Waals surface area contributed by atoms with Crippen LogP contribution in [0.15, 0.2) is 71.6 Å². The van der Waals surface area contributed by atoms with Gasteiger partial charge in [-0.15, -0.1) is 0 Å². The number of hydrogen-bond acceptors (Lipinski definition) is 4. The van der Waals surface area contributed by atoms with Crippen molar-refractivity contribution in [3.63, 3.8) is 0 Å². The van der Waals surface area contributed by atoms with Crippen LogP contribution in [0.1, 0.15) is 51.2 Å². The Labute approximate surface area is 258 Å². The minimum atomic E-state index is -3.90. The van der Waals surface area contributed by atoms with Crippen LogP contribution in [0.2, 0.25) is 10.0 Å². The normalized spacial score (nSPS) is 19.4. The van der Waals surface area contributed by atoms with Crippen LogP contribution in [-0.2, 0) is 21.2 Å². The number of hydrogen-bond donors (Lipinski definition) is 2. The number of nitrogens with zero attached hydrogens (tertiary/aromatic N) is 1. The van der Waals surface area contributed by atoms with Crippen LogP contribution >= 0.6 is 23.2 Å². The van der Waals surface area contributed by atoms with Crippen molar-refractivity contribution in [3.05, 3.63) is 93.7 Å². The highest BCUT2D eigenvalue weighted by molar-refractivity contribution is 7.89. The average Bonchev–Trinajstić information content (AvgIpc) is 2.93. The van der Waals surface area contributed by atoms with Gasteiger partial charge in [0, 0.05) is 47.4 Å². The predicted octanol–water partition coefficient (Wildman–Crippen LogP) is 7.13. The second-order valence-electron chi connectivity index (χ2n) is 11.3. The number of benzene rings is 3. The zero-order chi connectivity index (χ0) is 30.6. The number of amides is 1. The maximum absolute atomic E-state index is 15.2. The van der Waals surface area contributed by atoms with E-state index in [9.17, 15) is 13.2 Å². The molecule has 0 unspecified atom stereocenters. The predicted molar refractivity (Wildman–Crippen MR) is 168 cm³/mol. The molecule has 4 atom stereocenters. The lowest BCUT2D eigenvalue weighted by molar-refractivity contribution is -0.120. The van der Waals surface area contributed by atoms with Crippen LogP contribution < -0.4 is 10.6 Å². The van der Waals surface area contributed by atoms with Crippen LogP contribution in [0.25, 0.3) is 0 Å². The number of rotatable bonds is 10. The van der Waals surface area contributed by atoms with Gasteiger partial charge in [0.15, 0.2) is 0 Å². The molecule has 6 nitrogen and oxygen atoms in total. The summed E-state index contributed by atoms with van der Waals surface area (Å²) in [6.07, 6.45) is 0.578. The van der Waals surface area contributed by atoms with E-state index in [1.54, 1.807) is 30.3 Å². The second kappa shape index (κ2) is 13.9. The van der Waals surface area contributed by atoms with Crippen molar-refractivity contribution in [1.82, 2.24) is 9.62 Å². The molecule has 1 heterocycles. The highest BCUT2D eigenvalue weighted by Crippen LogP contribution is 2.35. The maximum atomic E-state index is 15.2. The zero-order valence-electron chi connectivity index (χ0n) is 24.3. The van der Waals surface area contributed by atoms with Gasteiger partial charge in [-0.3, -0.25) is 4.79 Å². The molecule has 10 heteroatoms. The lowest BCUT2D eigenvalue weighted by Gasteiger charge is -2.40. The van der Waals surface area contributed by atoms with Crippen LogP contribution in [-0.4, -0.2) is 43.8 Å². The number of anilines is 1. The van der Waals surface area contributed by atoms with Crippen LogP contribution in [0, 0.1) is 17.7 Å². The van der Waals surface area contributed by atoms with Crippen LogP contribution in [0.3, 0.4) is 0 Å². The summed E-state index contributed by atoms with van der Waals surface area (Å²) >= 11 is 12.4. The molecule has 0 aromatic heterocycles. The Balaban J connectivity index is 1.55. The van der Waals surface area contributed by atoms with E-state index in [0.717, 1.165) is 5.56 Å². The molecule has 3 aromatic carbocycles. The smallest absolute Gasteiger partial charge is 0.245 e. The molecule has 1 saturated heterocycles. The third-order valence-electron chi connectivity index (χ3n) is 8.04. The van der Waals surface area contributed by atoms with E-state index < -0.39 is 27.8 Å². The number of nitrogens with one attached hydrogen (secondary N) is 2. The molecule has 1 fully saturated rings. The number of piperazine rings is 1. The van der Waals surface area contributed by atoms with Gasteiger partial charge >= 0.3 is 0 Å². The number of carbonyl (C=O) groups excluding carboxylic acids is 1. The average molecular weight is 635 g/mol. The summed E-state index contributed by atoms with van der Waals surface area (Å²) in [7, 11) is -3.90. The summed E-state index contributed by atoms with van der Waals surface area (Å²) in [4.78, 5) is 13.6. The van der Waals surface area contributed by atoms with Gasteiger partial charge < -0.3 is 10.6 Å². The van der Waals surface area contributed by atoms with E-state index in [4.69, 9.17) is 23.2 Å². The molecule has 42 heavy (non-hydrogen) atoms. The fourth-order valence-corrected chi connectivity index (χ4v) is 8.48. The first-order valence-electron chi connectivity index (χ1n) is 14.2. The highest BCUT2D eigenvalue weighted by Gasteiger charge is 2.39. The molecule has 0 radical (unpaired) electrons. The minimum Gasteiger partial charge on any atom is -0.325 e. The van der Waals surface area contributed by atoms with Gasteiger partial charge in [-0.25, -0.2) is 12.8 Å². The molecule has 1 aliphatic rings. The van der Waals surface area contributed by atoms with Crippen molar-refractivity contribution in [2.75, 3.05) is 18.4 Å². The molecule has 0 aliphatic carbocycles. The maximum Gasteiger partial charge on any atom is 0.245 e. The largest absolute Gasteiger partial charge is 0.325 e. The molecule has 1 amide bonds. The van der Waals surface area contributed by atoms with Gasteiger partial charge in [0.1, 0.15) is 10.7 Å². The summed E-state index contributed by atoms with van der Waals surface area (Å²) in [6.45, 7) is 8.76. The Morgan fingerprint density at radius 1 is 1.02 bits per heavy atom. The molecule has 4 rings (SSSR count). The first-order chi connectivity index (χ1) is 19.9. The van der Waals surface area contributed by atoms with Gasteiger partial charge in [-0.05, 0) is 73.6 Å². The number of carbonyl (C=O) groups is 1. The fraction of sp³-hybridized carbons (Fsp3) is 0.406. The zero-order valence-corrected chi connectivity index (χ0v) is 26.6. The monoisotopic (exact) mass is 633 g/mol.